The molecule has 1 saturated carbocycles. The molecule has 17 heavy (non-hydrogen) atoms. The van der Waals surface area contributed by atoms with Crippen molar-refractivity contribution in [3.63, 3.8) is 0 Å². The molecule has 0 unspecified atom stereocenters. The van der Waals surface area contributed by atoms with Crippen LogP contribution in [-0.2, 0) is 4.79 Å². The van der Waals surface area contributed by atoms with Crippen molar-refractivity contribution in [3.8, 4) is 0 Å². The second kappa shape index (κ2) is 5.24. The van der Waals surface area contributed by atoms with Crippen LogP contribution in [0.2, 0.25) is 0 Å². The van der Waals surface area contributed by atoms with E-state index in [0.29, 0.717) is 5.41 Å². The van der Waals surface area contributed by atoms with Crippen LogP contribution in [0.15, 0.2) is 12.2 Å². The van der Waals surface area contributed by atoms with Gasteiger partial charge in [-0.25, -0.2) is 0 Å². The third-order valence-electron chi connectivity index (χ3n) is 4.27. The van der Waals surface area contributed by atoms with Crippen LogP contribution in [0.5, 0.6) is 0 Å². The van der Waals surface area contributed by atoms with Gasteiger partial charge in [-0.05, 0) is 43.4 Å². The average Bonchev–Trinajstić information content (AvgIpc) is 2.74. The highest BCUT2D eigenvalue weighted by Gasteiger charge is 2.37. The molecule has 2 aliphatic carbocycles. The summed E-state index contributed by atoms with van der Waals surface area (Å²) in [4.78, 5) is 12.0. The fourth-order valence-electron chi connectivity index (χ4n) is 3.25. The van der Waals surface area contributed by atoms with Crippen LogP contribution in [0.1, 0.15) is 52.4 Å². The van der Waals surface area contributed by atoms with E-state index in [0.717, 1.165) is 25.3 Å². The van der Waals surface area contributed by atoms with E-state index >= 15 is 0 Å². The molecule has 1 N–H and O–H groups in total. The van der Waals surface area contributed by atoms with Gasteiger partial charge in [-0.2, -0.15) is 0 Å². The third kappa shape index (κ3) is 3.11. The Hall–Kier alpha value is -0.790. The van der Waals surface area contributed by atoms with Gasteiger partial charge in [0.25, 0.3) is 0 Å². The number of rotatable bonds is 5. The molecular weight excluding hydrogens is 210 g/mol. The zero-order valence-corrected chi connectivity index (χ0v) is 11.2. The third-order valence-corrected chi connectivity index (χ3v) is 4.27. The van der Waals surface area contributed by atoms with Crippen molar-refractivity contribution in [1.29, 1.82) is 0 Å². The molecule has 0 spiro atoms. The lowest BCUT2D eigenvalue weighted by Crippen LogP contribution is -2.44. The Bertz CT molecular complexity index is 294. The van der Waals surface area contributed by atoms with Crippen molar-refractivity contribution in [3.05, 3.63) is 12.2 Å². The van der Waals surface area contributed by atoms with Crippen LogP contribution in [0.25, 0.3) is 0 Å². The first-order valence-electron chi connectivity index (χ1n) is 7.04. The fourth-order valence-corrected chi connectivity index (χ4v) is 3.25. The standard InChI is InChI=1S/C15H25NO/c1-12(2)10-15(8-5-9-15)11-16-14(17)13-6-3-4-7-13/h3-4,12-13H,5-11H2,1-2H3,(H,16,17). The van der Waals surface area contributed by atoms with E-state index in [9.17, 15) is 4.79 Å². The Morgan fingerprint density at radius 2 is 2.00 bits per heavy atom. The predicted molar refractivity (Wildman–Crippen MR) is 70.6 cm³/mol. The zero-order valence-electron chi connectivity index (χ0n) is 11.2. The minimum atomic E-state index is 0.214. The Balaban J connectivity index is 1.77. The van der Waals surface area contributed by atoms with Crippen LogP contribution >= 0.6 is 0 Å². The first kappa shape index (κ1) is 12.7. The topological polar surface area (TPSA) is 29.1 Å². The van der Waals surface area contributed by atoms with Crippen molar-refractivity contribution < 1.29 is 4.79 Å². The molecule has 0 aromatic rings. The maximum absolute atomic E-state index is 12.0. The number of nitrogens with one attached hydrogen (secondary N) is 1. The lowest BCUT2D eigenvalue weighted by atomic mass is 9.64. The maximum Gasteiger partial charge on any atom is 0.223 e. The van der Waals surface area contributed by atoms with E-state index in [4.69, 9.17) is 0 Å². The van der Waals surface area contributed by atoms with Gasteiger partial charge in [-0.1, -0.05) is 32.4 Å². The normalized spacial score (nSPS) is 22.8. The molecule has 96 valence electrons. The molecule has 0 bridgehead atoms. The molecular formula is C15H25NO. The average molecular weight is 235 g/mol. The largest absolute Gasteiger partial charge is 0.355 e. The molecule has 2 aliphatic rings. The molecule has 0 radical (unpaired) electrons. The van der Waals surface area contributed by atoms with Gasteiger partial charge in [0.15, 0.2) is 0 Å². The summed E-state index contributed by atoms with van der Waals surface area (Å²) in [5.41, 5.74) is 0.426. The highest BCUT2D eigenvalue weighted by atomic mass is 16.1. The first-order chi connectivity index (χ1) is 8.11. The molecule has 0 aromatic carbocycles. The fraction of sp³-hybridized carbons (Fsp3) is 0.800. The van der Waals surface area contributed by atoms with Gasteiger partial charge in [0.1, 0.15) is 0 Å². The summed E-state index contributed by atoms with van der Waals surface area (Å²) in [5.74, 6) is 1.22. The van der Waals surface area contributed by atoms with Gasteiger partial charge in [0.05, 0.1) is 0 Å². The molecule has 1 fully saturated rings. The number of carbonyl (C=O) groups excluding carboxylic acids is 1. The van der Waals surface area contributed by atoms with Crippen LogP contribution in [0.3, 0.4) is 0 Å². The summed E-state index contributed by atoms with van der Waals surface area (Å²) < 4.78 is 0. The maximum atomic E-state index is 12.0. The highest BCUT2D eigenvalue weighted by molar-refractivity contribution is 5.79. The minimum absolute atomic E-state index is 0.214. The summed E-state index contributed by atoms with van der Waals surface area (Å²) in [5, 5.41) is 3.19. The molecule has 2 rings (SSSR count). The van der Waals surface area contributed by atoms with Crippen LogP contribution < -0.4 is 5.32 Å². The van der Waals surface area contributed by atoms with Gasteiger partial charge in [-0.15, -0.1) is 0 Å². The molecule has 2 nitrogen and oxygen atoms in total. The molecule has 0 saturated heterocycles. The van der Waals surface area contributed by atoms with Crippen LogP contribution in [-0.4, -0.2) is 12.5 Å². The van der Waals surface area contributed by atoms with Crippen molar-refractivity contribution in [2.75, 3.05) is 6.54 Å². The summed E-state index contributed by atoms with van der Waals surface area (Å²) in [7, 11) is 0. The monoisotopic (exact) mass is 235 g/mol. The Morgan fingerprint density at radius 3 is 2.47 bits per heavy atom. The molecule has 0 aromatic heterocycles. The summed E-state index contributed by atoms with van der Waals surface area (Å²) >= 11 is 0. The number of amides is 1. The Kier molecular flexibility index (Phi) is 3.90. The van der Waals surface area contributed by atoms with Crippen LogP contribution in [0, 0.1) is 17.3 Å². The Morgan fingerprint density at radius 1 is 1.35 bits per heavy atom. The molecule has 2 heteroatoms. The van der Waals surface area contributed by atoms with Gasteiger partial charge >= 0.3 is 0 Å². The van der Waals surface area contributed by atoms with Gasteiger partial charge in [0, 0.05) is 12.5 Å². The van der Waals surface area contributed by atoms with E-state index in [2.05, 4.69) is 31.3 Å². The summed E-state index contributed by atoms with van der Waals surface area (Å²) in [6.45, 7) is 5.46. The van der Waals surface area contributed by atoms with Gasteiger partial charge < -0.3 is 5.32 Å². The number of hydrogen-bond donors (Lipinski definition) is 1. The van der Waals surface area contributed by atoms with Crippen molar-refractivity contribution in [2.24, 2.45) is 17.3 Å². The highest BCUT2D eigenvalue weighted by Crippen LogP contribution is 2.45. The number of carbonyl (C=O) groups is 1. The smallest absolute Gasteiger partial charge is 0.223 e. The Labute approximate surface area is 105 Å². The lowest BCUT2D eigenvalue weighted by Gasteiger charge is -2.43. The summed E-state index contributed by atoms with van der Waals surface area (Å²) in [6, 6.07) is 0. The van der Waals surface area contributed by atoms with Gasteiger partial charge in [-0.3, -0.25) is 4.79 Å². The van der Waals surface area contributed by atoms with Crippen molar-refractivity contribution in [1.82, 2.24) is 5.32 Å². The van der Waals surface area contributed by atoms with Crippen LogP contribution in [0.4, 0.5) is 0 Å². The SMILES string of the molecule is CC(C)CC1(CNC(=O)C2CC=CC2)CCC1. The minimum Gasteiger partial charge on any atom is -0.355 e. The van der Waals surface area contributed by atoms with Crippen molar-refractivity contribution in [2.45, 2.75) is 52.4 Å². The van der Waals surface area contributed by atoms with E-state index < -0.39 is 0 Å². The first-order valence-corrected chi connectivity index (χ1v) is 7.04. The molecule has 0 atom stereocenters. The predicted octanol–water partition coefficient (Wildman–Crippen LogP) is 3.29. The molecule has 0 aliphatic heterocycles. The van der Waals surface area contributed by atoms with E-state index in [1.54, 1.807) is 0 Å². The summed E-state index contributed by atoms with van der Waals surface area (Å²) in [6.07, 6.45) is 11.3. The van der Waals surface area contributed by atoms with E-state index in [-0.39, 0.29) is 11.8 Å². The van der Waals surface area contributed by atoms with Gasteiger partial charge in [0.2, 0.25) is 5.91 Å². The lowest BCUT2D eigenvalue weighted by molar-refractivity contribution is -0.125. The number of allylic oxidation sites excluding steroid dienone is 2. The zero-order chi connectivity index (χ0) is 12.3. The quantitative estimate of drug-likeness (QED) is 0.728. The molecule has 1 amide bonds. The van der Waals surface area contributed by atoms with Crippen molar-refractivity contribution >= 4 is 5.91 Å². The second-order valence-corrected chi connectivity index (χ2v) is 6.31. The number of hydrogen-bond acceptors (Lipinski definition) is 1. The van der Waals surface area contributed by atoms with E-state index in [1.165, 1.54) is 25.7 Å². The second-order valence-electron chi connectivity index (χ2n) is 6.31. The van der Waals surface area contributed by atoms with E-state index in [1.807, 2.05) is 0 Å². The molecule has 0 heterocycles.